The van der Waals surface area contributed by atoms with E-state index in [1.54, 1.807) is 24.2 Å². The molecule has 17 heavy (non-hydrogen) atoms. The number of hydrogen-bond donors (Lipinski definition) is 1. The summed E-state index contributed by atoms with van der Waals surface area (Å²) < 4.78 is 1.08. The number of hydrogen-bond acceptors (Lipinski definition) is 4. The third-order valence-electron chi connectivity index (χ3n) is 2.13. The Morgan fingerprint density at radius 2 is 2.06 bits per heavy atom. The van der Waals surface area contributed by atoms with Gasteiger partial charge in [-0.2, -0.15) is 0 Å². The summed E-state index contributed by atoms with van der Waals surface area (Å²) in [5.74, 6) is 0. The van der Waals surface area contributed by atoms with E-state index >= 15 is 0 Å². The zero-order valence-corrected chi connectivity index (χ0v) is 11.8. The van der Waals surface area contributed by atoms with Crippen molar-refractivity contribution in [2.45, 2.75) is 16.6 Å². The average Bonchev–Trinajstić information content (AvgIpc) is 2.34. The molecule has 0 fully saturated rings. The van der Waals surface area contributed by atoms with Crippen molar-refractivity contribution < 1.29 is 0 Å². The van der Waals surface area contributed by atoms with Gasteiger partial charge in [-0.1, -0.05) is 15.9 Å². The van der Waals surface area contributed by atoms with E-state index < -0.39 is 0 Å². The van der Waals surface area contributed by atoms with Crippen LogP contribution < -0.4 is 5.32 Å². The number of nitrogens with zero attached hydrogens (tertiary/aromatic N) is 2. The SMILES string of the molecule is CNCc1cc(Br)ccc1Sc1ncccn1. The molecule has 0 unspecified atom stereocenters. The molecule has 1 aromatic carbocycles. The lowest BCUT2D eigenvalue weighted by Gasteiger charge is -2.08. The van der Waals surface area contributed by atoms with E-state index in [-0.39, 0.29) is 0 Å². The Morgan fingerprint density at radius 1 is 1.29 bits per heavy atom. The van der Waals surface area contributed by atoms with E-state index in [1.807, 2.05) is 19.2 Å². The molecule has 2 aromatic rings. The zero-order chi connectivity index (χ0) is 12.1. The van der Waals surface area contributed by atoms with Crippen LogP contribution in [0.1, 0.15) is 5.56 Å². The topological polar surface area (TPSA) is 37.8 Å². The van der Waals surface area contributed by atoms with Gasteiger partial charge in [0.15, 0.2) is 5.16 Å². The second-order valence-corrected chi connectivity index (χ2v) is 5.34. The van der Waals surface area contributed by atoms with Crippen LogP contribution in [0.15, 0.2) is 51.2 Å². The minimum atomic E-state index is 0.771. The fourth-order valence-corrected chi connectivity index (χ4v) is 2.64. The van der Waals surface area contributed by atoms with E-state index in [2.05, 4.69) is 43.3 Å². The molecule has 0 aliphatic carbocycles. The van der Waals surface area contributed by atoms with Gasteiger partial charge in [0, 0.05) is 28.3 Å². The molecule has 0 saturated carbocycles. The molecule has 0 saturated heterocycles. The van der Waals surface area contributed by atoms with Gasteiger partial charge in [0.1, 0.15) is 0 Å². The second-order valence-electron chi connectivity index (χ2n) is 3.42. The van der Waals surface area contributed by atoms with Crippen molar-refractivity contribution in [2.24, 2.45) is 0 Å². The predicted octanol–water partition coefficient (Wildman–Crippen LogP) is 3.11. The quantitative estimate of drug-likeness (QED) is 0.881. The number of aromatic nitrogens is 2. The van der Waals surface area contributed by atoms with Crippen molar-refractivity contribution in [3.63, 3.8) is 0 Å². The summed E-state index contributed by atoms with van der Waals surface area (Å²) in [5.41, 5.74) is 1.24. The Balaban J connectivity index is 2.26. The Morgan fingerprint density at radius 3 is 2.76 bits per heavy atom. The molecule has 0 atom stereocenters. The van der Waals surface area contributed by atoms with Crippen LogP contribution in [0.4, 0.5) is 0 Å². The average molecular weight is 310 g/mol. The Labute approximate surface area is 113 Å². The van der Waals surface area contributed by atoms with Crippen LogP contribution in [-0.4, -0.2) is 17.0 Å². The molecule has 5 heteroatoms. The molecular formula is C12H12BrN3S. The van der Waals surface area contributed by atoms with Crippen molar-refractivity contribution in [2.75, 3.05) is 7.05 Å². The minimum Gasteiger partial charge on any atom is -0.316 e. The third kappa shape index (κ3) is 3.52. The molecule has 1 aromatic heterocycles. The van der Waals surface area contributed by atoms with Crippen LogP contribution in [0.5, 0.6) is 0 Å². The van der Waals surface area contributed by atoms with Gasteiger partial charge in [-0.15, -0.1) is 0 Å². The first-order valence-electron chi connectivity index (χ1n) is 5.17. The van der Waals surface area contributed by atoms with Crippen LogP contribution in [0.25, 0.3) is 0 Å². The van der Waals surface area contributed by atoms with Crippen molar-refractivity contribution in [3.8, 4) is 0 Å². The first kappa shape index (κ1) is 12.5. The molecule has 0 aliphatic rings. The monoisotopic (exact) mass is 309 g/mol. The van der Waals surface area contributed by atoms with Crippen molar-refractivity contribution >= 4 is 27.7 Å². The van der Waals surface area contributed by atoms with Crippen LogP contribution in [0.3, 0.4) is 0 Å². The number of halogens is 1. The first-order valence-corrected chi connectivity index (χ1v) is 6.78. The normalized spacial score (nSPS) is 10.5. The van der Waals surface area contributed by atoms with E-state index in [4.69, 9.17) is 0 Å². The minimum absolute atomic E-state index is 0.771. The van der Waals surface area contributed by atoms with Gasteiger partial charge in [-0.3, -0.25) is 0 Å². The standard InChI is InChI=1S/C12H12BrN3S/c1-14-8-9-7-10(13)3-4-11(9)17-12-15-5-2-6-16-12/h2-7,14H,8H2,1H3. The summed E-state index contributed by atoms with van der Waals surface area (Å²) in [6.45, 7) is 0.828. The van der Waals surface area contributed by atoms with Gasteiger partial charge in [-0.05, 0) is 48.6 Å². The molecule has 0 amide bonds. The highest BCUT2D eigenvalue weighted by Gasteiger charge is 2.06. The Bertz CT molecular complexity index is 490. The molecule has 88 valence electrons. The third-order valence-corrected chi connectivity index (χ3v) is 3.64. The van der Waals surface area contributed by atoms with Crippen LogP contribution >= 0.6 is 27.7 Å². The van der Waals surface area contributed by atoms with Crippen molar-refractivity contribution in [1.82, 2.24) is 15.3 Å². The van der Waals surface area contributed by atoms with Gasteiger partial charge >= 0.3 is 0 Å². The predicted molar refractivity (Wildman–Crippen MR) is 73.1 cm³/mol. The molecule has 0 bridgehead atoms. The largest absolute Gasteiger partial charge is 0.316 e. The Kier molecular flexibility index (Phi) is 4.53. The summed E-state index contributed by atoms with van der Waals surface area (Å²) in [5, 5.41) is 3.93. The van der Waals surface area contributed by atoms with E-state index in [0.717, 1.165) is 16.2 Å². The van der Waals surface area contributed by atoms with Crippen LogP contribution in [0.2, 0.25) is 0 Å². The number of benzene rings is 1. The lowest BCUT2D eigenvalue weighted by atomic mass is 10.2. The highest BCUT2D eigenvalue weighted by Crippen LogP contribution is 2.29. The molecule has 3 nitrogen and oxygen atoms in total. The first-order chi connectivity index (χ1) is 8.29. The molecule has 1 heterocycles. The highest BCUT2D eigenvalue weighted by atomic mass is 79.9. The van der Waals surface area contributed by atoms with Gasteiger partial charge < -0.3 is 5.32 Å². The molecule has 2 rings (SSSR count). The summed E-state index contributed by atoms with van der Waals surface area (Å²) in [4.78, 5) is 9.61. The Hall–Kier alpha value is -0.910. The lowest BCUT2D eigenvalue weighted by molar-refractivity contribution is 0.802. The smallest absolute Gasteiger partial charge is 0.192 e. The summed E-state index contributed by atoms with van der Waals surface area (Å²) in [6, 6.07) is 8.05. The second kappa shape index (κ2) is 6.14. The highest BCUT2D eigenvalue weighted by molar-refractivity contribution is 9.10. The van der Waals surface area contributed by atoms with Crippen LogP contribution in [-0.2, 0) is 6.54 Å². The fourth-order valence-electron chi connectivity index (χ4n) is 1.41. The van der Waals surface area contributed by atoms with E-state index in [0.29, 0.717) is 0 Å². The number of rotatable bonds is 4. The molecule has 0 spiro atoms. The maximum absolute atomic E-state index is 4.22. The fraction of sp³-hybridized carbons (Fsp3) is 0.167. The summed E-state index contributed by atoms with van der Waals surface area (Å²) in [7, 11) is 1.94. The molecular weight excluding hydrogens is 298 g/mol. The van der Waals surface area contributed by atoms with Gasteiger partial charge in [0.25, 0.3) is 0 Å². The van der Waals surface area contributed by atoms with Gasteiger partial charge in [0.2, 0.25) is 0 Å². The zero-order valence-electron chi connectivity index (χ0n) is 9.35. The summed E-state index contributed by atoms with van der Waals surface area (Å²) in [6.07, 6.45) is 3.51. The number of nitrogens with one attached hydrogen (secondary N) is 1. The molecule has 0 aliphatic heterocycles. The van der Waals surface area contributed by atoms with Gasteiger partial charge in [-0.25, -0.2) is 9.97 Å². The molecule has 1 N–H and O–H groups in total. The maximum atomic E-state index is 4.22. The lowest BCUT2D eigenvalue weighted by Crippen LogP contribution is -2.06. The van der Waals surface area contributed by atoms with Crippen molar-refractivity contribution in [3.05, 3.63) is 46.7 Å². The maximum Gasteiger partial charge on any atom is 0.192 e. The molecule has 0 radical (unpaired) electrons. The summed E-state index contributed by atoms with van der Waals surface area (Å²) >= 11 is 5.06. The van der Waals surface area contributed by atoms with Gasteiger partial charge in [0.05, 0.1) is 0 Å². The van der Waals surface area contributed by atoms with E-state index in [1.165, 1.54) is 10.5 Å². The van der Waals surface area contributed by atoms with Crippen molar-refractivity contribution in [1.29, 1.82) is 0 Å². The van der Waals surface area contributed by atoms with E-state index in [9.17, 15) is 0 Å². The van der Waals surface area contributed by atoms with Crippen LogP contribution in [0, 0.1) is 0 Å².